The molecule has 0 aromatic carbocycles. The Morgan fingerprint density at radius 3 is 3.00 bits per heavy atom. The average Bonchev–Trinajstić information content (AvgIpc) is 2.33. The van der Waals surface area contributed by atoms with Gasteiger partial charge in [-0.1, -0.05) is 19.8 Å². The molecule has 0 aliphatic rings. The Hall–Kier alpha value is -1.64. The van der Waals surface area contributed by atoms with Gasteiger partial charge in [-0.15, -0.1) is 0 Å². The first-order chi connectivity index (χ1) is 7.83. The van der Waals surface area contributed by atoms with Gasteiger partial charge < -0.3 is 4.57 Å². The number of unbranched alkanes of at least 4 members (excludes halogenated alkanes) is 2. The fourth-order valence-electron chi connectivity index (χ4n) is 1.85. The van der Waals surface area contributed by atoms with Crippen LogP contribution in [0.3, 0.4) is 0 Å². The number of aryl methyl sites for hydroxylation is 1. The lowest BCUT2D eigenvalue weighted by atomic mass is 10.2. The SMILES string of the molecule is CCCCCn1ccc(=O)c2cccnc21. The van der Waals surface area contributed by atoms with E-state index in [1.54, 1.807) is 18.3 Å². The summed E-state index contributed by atoms with van der Waals surface area (Å²) < 4.78 is 2.06. The van der Waals surface area contributed by atoms with Crippen LogP contribution < -0.4 is 5.43 Å². The summed E-state index contributed by atoms with van der Waals surface area (Å²) in [6.45, 7) is 3.11. The molecule has 0 fully saturated rings. The highest BCUT2D eigenvalue weighted by atomic mass is 16.1. The smallest absolute Gasteiger partial charge is 0.191 e. The van der Waals surface area contributed by atoms with E-state index in [0.29, 0.717) is 5.39 Å². The highest BCUT2D eigenvalue weighted by Gasteiger charge is 2.02. The molecular formula is C13H16N2O. The van der Waals surface area contributed by atoms with Crippen molar-refractivity contribution in [2.75, 3.05) is 0 Å². The van der Waals surface area contributed by atoms with Gasteiger partial charge in [-0.3, -0.25) is 4.79 Å². The first-order valence-electron chi connectivity index (χ1n) is 5.77. The molecule has 2 heterocycles. The Labute approximate surface area is 94.7 Å². The van der Waals surface area contributed by atoms with Crippen molar-refractivity contribution in [2.45, 2.75) is 32.7 Å². The Balaban J connectivity index is 2.38. The second-order valence-corrected chi connectivity index (χ2v) is 3.96. The molecule has 0 N–H and O–H groups in total. The van der Waals surface area contributed by atoms with Crippen LogP contribution in [-0.2, 0) is 6.54 Å². The molecular weight excluding hydrogens is 200 g/mol. The summed E-state index contributed by atoms with van der Waals surface area (Å²) in [7, 11) is 0. The lowest BCUT2D eigenvalue weighted by Gasteiger charge is -2.08. The zero-order valence-corrected chi connectivity index (χ0v) is 9.52. The lowest BCUT2D eigenvalue weighted by molar-refractivity contribution is 0.610. The minimum absolute atomic E-state index is 0.0508. The molecule has 2 aromatic rings. The maximum absolute atomic E-state index is 11.6. The second kappa shape index (κ2) is 4.92. The summed E-state index contributed by atoms with van der Waals surface area (Å²) in [5.41, 5.74) is 0.848. The summed E-state index contributed by atoms with van der Waals surface area (Å²) in [6.07, 6.45) is 7.11. The average molecular weight is 216 g/mol. The van der Waals surface area contributed by atoms with E-state index in [4.69, 9.17) is 0 Å². The highest BCUT2D eigenvalue weighted by molar-refractivity contribution is 5.74. The van der Waals surface area contributed by atoms with Gasteiger partial charge in [0.15, 0.2) is 5.43 Å². The van der Waals surface area contributed by atoms with Crippen LogP contribution in [0.5, 0.6) is 0 Å². The van der Waals surface area contributed by atoms with Gasteiger partial charge in [0.2, 0.25) is 0 Å². The quantitative estimate of drug-likeness (QED) is 0.736. The summed E-state index contributed by atoms with van der Waals surface area (Å²) in [5, 5.41) is 0.710. The Morgan fingerprint density at radius 2 is 2.19 bits per heavy atom. The molecule has 0 aliphatic heterocycles. The van der Waals surface area contributed by atoms with Gasteiger partial charge in [-0.2, -0.15) is 0 Å². The van der Waals surface area contributed by atoms with Crippen LogP contribution in [0.1, 0.15) is 26.2 Å². The molecule has 0 amide bonds. The molecule has 0 saturated carbocycles. The van der Waals surface area contributed by atoms with Gasteiger partial charge in [0.05, 0.1) is 5.39 Å². The third-order valence-electron chi connectivity index (χ3n) is 2.73. The van der Waals surface area contributed by atoms with E-state index < -0.39 is 0 Å². The van der Waals surface area contributed by atoms with Crippen LogP contribution in [0.2, 0.25) is 0 Å². The predicted octanol–water partition coefficient (Wildman–Crippen LogP) is 2.59. The van der Waals surface area contributed by atoms with Crippen molar-refractivity contribution in [1.82, 2.24) is 9.55 Å². The van der Waals surface area contributed by atoms with Crippen LogP contribution >= 0.6 is 0 Å². The van der Waals surface area contributed by atoms with E-state index in [2.05, 4.69) is 16.5 Å². The van der Waals surface area contributed by atoms with Gasteiger partial charge in [-0.25, -0.2) is 4.98 Å². The number of nitrogens with zero attached hydrogens (tertiary/aromatic N) is 2. The van der Waals surface area contributed by atoms with Crippen molar-refractivity contribution >= 4 is 11.0 Å². The van der Waals surface area contributed by atoms with Gasteiger partial charge in [0, 0.05) is 25.0 Å². The number of pyridine rings is 2. The summed E-state index contributed by atoms with van der Waals surface area (Å²) >= 11 is 0. The Bertz CT molecular complexity index is 531. The van der Waals surface area contributed by atoms with Gasteiger partial charge in [-0.05, 0) is 18.6 Å². The maximum Gasteiger partial charge on any atom is 0.191 e. The van der Waals surface area contributed by atoms with E-state index in [0.717, 1.165) is 18.6 Å². The highest BCUT2D eigenvalue weighted by Crippen LogP contribution is 2.07. The lowest BCUT2D eigenvalue weighted by Crippen LogP contribution is -2.09. The normalized spacial score (nSPS) is 10.8. The summed E-state index contributed by atoms with van der Waals surface area (Å²) in [5.74, 6) is 0. The van der Waals surface area contributed by atoms with Crippen LogP contribution in [0, 0.1) is 0 Å². The molecule has 2 aromatic heterocycles. The number of aromatic nitrogens is 2. The van der Waals surface area contributed by atoms with Gasteiger partial charge >= 0.3 is 0 Å². The van der Waals surface area contributed by atoms with E-state index in [1.807, 2.05) is 12.3 Å². The van der Waals surface area contributed by atoms with E-state index in [1.165, 1.54) is 12.8 Å². The standard InChI is InChI=1S/C13H16N2O/c1-2-3-4-9-15-10-7-12(16)11-6-5-8-14-13(11)15/h5-8,10H,2-4,9H2,1H3. The molecule has 3 nitrogen and oxygen atoms in total. The molecule has 0 saturated heterocycles. The first-order valence-corrected chi connectivity index (χ1v) is 5.77. The molecule has 0 unspecified atom stereocenters. The fourth-order valence-corrected chi connectivity index (χ4v) is 1.85. The molecule has 16 heavy (non-hydrogen) atoms. The van der Waals surface area contributed by atoms with Crippen LogP contribution in [-0.4, -0.2) is 9.55 Å². The zero-order valence-electron chi connectivity index (χ0n) is 9.52. The molecule has 84 valence electrons. The van der Waals surface area contributed by atoms with Crippen molar-refractivity contribution in [3.63, 3.8) is 0 Å². The Kier molecular flexibility index (Phi) is 3.34. The largest absolute Gasteiger partial charge is 0.332 e. The number of fused-ring (bicyclic) bond motifs is 1. The topological polar surface area (TPSA) is 34.9 Å². The number of hydrogen-bond acceptors (Lipinski definition) is 2. The third kappa shape index (κ3) is 2.13. The van der Waals surface area contributed by atoms with E-state index in [-0.39, 0.29) is 5.43 Å². The van der Waals surface area contributed by atoms with Gasteiger partial charge in [0.25, 0.3) is 0 Å². The minimum Gasteiger partial charge on any atom is -0.332 e. The van der Waals surface area contributed by atoms with E-state index in [9.17, 15) is 4.79 Å². The molecule has 0 atom stereocenters. The van der Waals surface area contributed by atoms with Crippen molar-refractivity contribution in [3.05, 3.63) is 40.8 Å². The Morgan fingerprint density at radius 1 is 1.31 bits per heavy atom. The predicted molar refractivity (Wildman–Crippen MR) is 65.5 cm³/mol. The second-order valence-electron chi connectivity index (χ2n) is 3.96. The van der Waals surface area contributed by atoms with Crippen molar-refractivity contribution in [1.29, 1.82) is 0 Å². The molecule has 0 radical (unpaired) electrons. The van der Waals surface area contributed by atoms with Crippen molar-refractivity contribution < 1.29 is 0 Å². The maximum atomic E-state index is 11.6. The first kappa shape index (κ1) is 10.9. The van der Waals surface area contributed by atoms with Crippen molar-refractivity contribution in [2.24, 2.45) is 0 Å². The minimum atomic E-state index is 0.0508. The van der Waals surface area contributed by atoms with Crippen LogP contribution in [0.15, 0.2) is 35.4 Å². The fraction of sp³-hybridized carbons (Fsp3) is 0.385. The van der Waals surface area contributed by atoms with Gasteiger partial charge in [0.1, 0.15) is 5.65 Å². The van der Waals surface area contributed by atoms with E-state index >= 15 is 0 Å². The number of rotatable bonds is 4. The zero-order chi connectivity index (χ0) is 11.4. The summed E-state index contributed by atoms with van der Waals surface area (Å²) in [4.78, 5) is 15.9. The third-order valence-corrected chi connectivity index (χ3v) is 2.73. The monoisotopic (exact) mass is 216 g/mol. The summed E-state index contributed by atoms with van der Waals surface area (Å²) in [6, 6.07) is 5.26. The van der Waals surface area contributed by atoms with Crippen LogP contribution in [0.4, 0.5) is 0 Å². The molecule has 0 aliphatic carbocycles. The number of hydrogen-bond donors (Lipinski definition) is 0. The molecule has 3 heteroatoms. The molecule has 0 spiro atoms. The van der Waals surface area contributed by atoms with Crippen molar-refractivity contribution in [3.8, 4) is 0 Å². The van der Waals surface area contributed by atoms with Crippen LogP contribution in [0.25, 0.3) is 11.0 Å². The molecule has 2 rings (SSSR count). The molecule has 0 bridgehead atoms.